The maximum Gasteiger partial charge on any atom is 0.327 e. The molecular formula is C16H18N2OS. The monoisotopic (exact) mass is 286 g/mol. The summed E-state index contributed by atoms with van der Waals surface area (Å²) in [4.78, 5) is 15.0. The third-order valence-corrected chi connectivity index (χ3v) is 4.31. The lowest BCUT2D eigenvalue weighted by Gasteiger charge is -2.20. The van der Waals surface area contributed by atoms with Gasteiger partial charge in [0.05, 0.1) is 6.54 Å². The van der Waals surface area contributed by atoms with Gasteiger partial charge in [-0.25, -0.2) is 4.79 Å². The Balaban J connectivity index is 2.07. The van der Waals surface area contributed by atoms with Crippen molar-refractivity contribution >= 4 is 12.2 Å². The van der Waals surface area contributed by atoms with Crippen molar-refractivity contribution in [1.82, 2.24) is 9.55 Å². The Morgan fingerprint density at radius 3 is 2.65 bits per heavy atom. The molecule has 0 fully saturated rings. The van der Waals surface area contributed by atoms with E-state index >= 15 is 0 Å². The Labute approximate surface area is 123 Å². The predicted octanol–water partition coefficient (Wildman–Crippen LogP) is 3.14. The van der Waals surface area contributed by atoms with E-state index in [0.717, 1.165) is 42.5 Å². The number of rotatable bonds is 2. The quantitative estimate of drug-likeness (QED) is 0.861. The third-order valence-electron chi connectivity index (χ3n) is 3.97. The third kappa shape index (κ3) is 2.48. The molecule has 0 spiro atoms. The molecule has 4 heteroatoms. The molecule has 0 saturated carbocycles. The van der Waals surface area contributed by atoms with Crippen molar-refractivity contribution in [2.45, 2.75) is 39.2 Å². The van der Waals surface area contributed by atoms with E-state index in [1.807, 2.05) is 4.57 Å². The van der Waals surface area contributed by atoms with E-state index in [2.05, 4.69) is 36.2 Å². The molecule has 0 radical (unpaired) electrons. The van der Waals surface area contributed by atoms with Crippen LogP contribution < -0.4 is 5.69 Å². The van der Waals surface area contributed by atoms with E-state index in [1.54, 1.807) is 0 Å². The molecule has 1 aliphatic carbocycles. The fourth-order valence-corrected chi connectivity index (χ4v) is 3.14. The number of fused-ring (bicyclic) bond motifs is 1. The summed E-state index contributed by atoms with van der Waals surface area (Å²) in [6, 6.07) is 8.33. The van der Waals surface area contributed by atoms with Crippen molar-refractivity contribution in [1.29, 1.82) is 0 Å². The summed E-state index contributed by atoms with van der Waals surface area (Å²) in [7, 11) is 0. The van der Waals surface area contributed by atoms with E-state index in [0.29, 0.717) is 11.2 Å². The fraction of sp³-hybridized carbons (Fsp3) is 0.375. The molecule has 0 aliphatic heterocycles. The van der Waals surface area contributed by atoms with Crippen molar-refractivity contribution in [2.24, 2.45) is 0 Å². The second-order valence-electron chi connectivity index (χ2n) is 5.46. The second kappa shape index (κ2) is 5.37. The fourth-order valence-electron chi connectivity index (χ4n) is 2.84. The molecule has 1 aromatic carbocycles. The van der Waals surface area contributed by atoms with Crippen LogP contribution in [0.3, 0.4) is 0 Å². The number of aryl methyl sites for hydroxylation is 1. The number of aromatic nitrogens is 2. The molecule has 3 rings (SSSR count). The van der Waals surface area contributed by atoms with E-state index in [-0.39, 0.29) is 5.69 Å². The molecule has 0 saturated heterocycles. The highest BCUT2D eigenvalue weighted by molar-refractivity contribution is 7.71. The normalized spacial score (nSPS) is 14.1. The average molecular weight is 286 g/mol. The largest absolute Gasteiger partial charge is 0.327 e. The molecule has 2 aromatic rings. The van der Waals surface area contributed by atoms with Crippen molar-refractivity contribution in [3.63, 3.8) is 0 Å². The topological polar surface area (TPSA) is 37.8 Å². The minimum Gasteiger partial charge on any atom is -0.298 e. The SMILES string of the molecule is Cc1ccc(Cn2c3c(c(=S)[nH]c2=O)CCCC3)cc1. The summed E-state index contributed by atoms with van der Waals surface area (Å²) in [6.45, 7) is 2.69. The van der Waals surface area contributed by atoms with E-state index < -0.39 is 0 Å². The van der Waals surface area contributed by atoms with Crippen LogP contribution in [0.2, 0.25) is 0 Å². The lowest BCUT2D eigenvalue weighted by molar-refractivity contribution is 0.584. The van der Waals surface area contributed by atoms with Crippen LogP contribution in [0.1, 0.15) is 35.2 Å². The molecule has 1 aromatic heterocycles. The zero-order chi connectivity index (χ0) is 14.1. The minimum absolute atomic E-state index is 0.0868. The summed E-state index contributed by atoms with van der Waals surface area (Å²) in [6.07, 6.45) is 4.24. The van der Waals surface area contributed by atoms with Gasteiger partial charge >= 0.3 is 5.69 Å². The Morgan fingerprint density at radius 1 is 1.20 bits per heavy atom. The van der Waals surface area contributed by atoms with Gasteiger partial charge in [0.25, 0.3) is 0 Å². The number of benzene rings is 1. The van der Waals surface area contributed by atoms with E-state index in [1.165, 1.54) is 5.56 Å². The highest BCUT2D eigenvalue weighted by atomic mass is 32.1. The van der Waals surface area contributed by atoms with E-state index in [9.17, 15) is 4.79 Å². The molecule has 20 heavy (non-hydrogen) atoms. The van der Waals surface area contributed by atoms with Crippen LogP contribution in [0.5, 0.6) is 0 Å². The van der Waals surface area contributed by atoms with Gasteiger partial charge in [-0.2, -0.15) is 0 Å². The number of hydrogen-bond acceptors (Lipinski definition) is 2. The molecule has 1 heterocycles. The molecular weight excluding hydrogens is 268 g/mol. The summed E-state index contributed by atoms with van der Waals surface area (Å²) < 4.78 is 2.49. The van der Waals surface area contributed by atoms with Crippen LogP contribution in [0.15, 0.2) is 29.1 Å². The first-order chi connectivity index (χ1) is 9.65. The van der Waals surface area contributed by atoms with Crippen molar-refractivity contribution in [3.05, 3.63) is 61.8 Å². The van der Waals surface area contributed by atoms with Gasteiger partial charge in [0.1, 0.15) is 4.64 Å². The number of nitrogens with one attached hydrogen (secondary N) is 1. The highest BCUT2D eigenvalue weighted by Crippen LogP contribution is 2.20. The molecule has 1 aliphatic rings. The molecule has 0 amide bonds. The van der Waals surface area contributed by atoms with Crippen LogP contribution in [0.25, 0.3) is 0 Å². The van der Waals surface area contributed by atoms with Gasteiger partial charge in [0, 0.05) is 11.3 Å². The van der Waals surface area contributed by atoms with Crippen molar-refractivity contribution in [2.75, 3.05) is 0 Å². The van der Waals surface area contributed by atoms with E-state index in [4.69, 9.17) is 12.2 Å². The van der Waals surface area contributed by atoms with Gasteiger partial charge in [-0.3, -0.25) is 9.55 Å². The standard InChI is InChI=1S/C16H18N2OS/c1-11-6-8-12(9-7-11)10-18-14-5-3-2-4-13(14)15(20)17-16(18)19/h6-9H,2-5,10H2,1H3,(H,17,19,20). The molecule has 3 nitrogen and oxygen atoms in total. The Bertz CT molecular complexity index is 741. The van der Waals surface area contributed by atoms with Crippen molar-refractivity contribution < 1.29 is 0 Å². The van der Waals surface area contributed by atoms with Crippen LogP contribution >= 0.6 is 12.2 Å². The summed E-state index contributed by atoms with van der Waals surface area (Å²) >= 11 is 5.30. The molecule has 1 N–H and O–H groups in total. The van der Waals surface area contributed by atoms with Crippen LogP contribution in [-0.4, -0.2) is 9.55 Å². The van der Waals surface area contributed by atoms with Gasteiger partial charge in [-0.1, -0.05) is 42.0 Å². The average Bonchev–Trinajstić information content (AvgIpc) is 2.45. The van der Waals surface area contributed by atoms with Gasteiger partial charge in [-0.15, -0.1) is 0 Å². The van der Waals surface area contributed by atoms with Gasteiger partial charge in [0.2, 0.25) is 0 Å². The lowest BCUT2D eigenvalue weighted by Crippen LogP contribution is -2.30. The van der Waals surface area contributed by atoms with Crippen LogP contribution in [0.4, 0.5) is 0 Å². The maximum atomic E-state index is 12.2. The summed E-state index contributed by atoms with van der Waals surface area (Å²) in [5.74, 6) is 0. The predicted molar refractivity (Wildman–Crippen MR) is 82.8 cm³/mol. The number of hydrogen-bond donors (Lipinski definition) is 1. The van der Waals surface area contributed by atoms with Crippen LogP contribution in [-0.2, 0) is 19.4 Å². The molecule has 0 atom stereocenters. The van der Waals surface area contributed by atoms with Crippen molar-refractivity contribution in [3.8, 4) is 0 Å². The number of H-pyrrole nitrogens is 1. The Kier molecular flexibility index (Phi) is 3.57. The van der Waals surface area contributed by atoms with Gasteiger partial charge < -0.3 is 0 Å². The number of aromatic amines is 1. The Morgan fingerprint density at radius 2 is 1.90 bits per heavy atom. The first kappa shape index (κ1) is 13.3. The maximum absolute atomic E-state index is 12.2. The summed E-state index contributed by atoms with van der Waals surface area (Å²) in [5, 5.41) is 0. The lowest BCUT2D eigenvalue weighted by atomic mass is 9.97. The Hall–Kier alpha value is -1.68. The zero-order valence-corrected chi connectivity index (χ0v) is 12.4. The summed E-state index contributed by atoms with van der Waals surface area (Å²) in [5.41, 5.74) is 4.59. The van der Waals surface area contributed by atoms with Gasteiger partial charge in [-0.05, 0) is 38.2 Å². The first-order valence-electron chi connectivity index (χ1n) is 7.05. The smallest absolute Gasteiger partial charge is 0.298 e. The highest BCUT2D eigenvalue weighted by Gasteiger charge is 2.16. The molecule has 0 unspecified atom stereocenters. The number of nitrogens with zero attached hydrogens (tertiary/aromatic N) is 1. The van der Waals surface area contributed by atoms with Gasteiger partial charge in [0.15, 0.2) is 0 Å². The molecule has 0 bridgehead atoms. The minimum atomic E-state index is -0.0868. The molecule has 104 valence electrons. The second-order valence-corrected chi connectivity index (χ2v) is 5.87. The zero-order valence-electron chi connectivity index (χ0n) is 11.6. The first-order valence-corrected chi connectivity index (χ1v) is 7.46. The van der Waals surface area contributed by atoms with Crippen LogP contribution in [0, 0.1) is 11.6 Å².